The maximum absolute atomic E-state index is 13.4. The van der Waals surface area contributed by atoms with Crippen molar-refractivity contribution in [2.45, 2.75) is 269 Å². The number of hydrogen-bond donors (Lipinski definition) is 6. The van der Waals surface area contributed by atoms with E-state index in [0.717, 1.165) is 96.3 Å². The van der Waals surface area contributed by atoms with Gasteiger partial charge in [-0.1, -0.05) is 227 Å². The van der Waals surface area contributed by atoms with Gasteiger partial charge in [-0.3, -0.25) is 9.59 Å². The standard InChI is InChI=1S/C62H105NO10/c1-4-7-10-13-16-19-22-24-25-26-27-28-29-30-32-34-37-40-43-46-49-55(66)61(70)63-53(54(65)48-45-42-39-36-33-21-18-15-12-9-6-3)52-71-62-60(59(69)58(68)56(51-64)72-62)73-57(67)50-47-44-41-38-35-31-23-20-17-14-11-8-5-2/h8,11,14,16-17,19-20,23-25,27-28,31,35,45,48,53-56,58-60,62,64-66,68-69H,4-7,9-10,12-13,15,18,21-22,26,29-30,32-34,36-44,46-47,49-52H2,1-3H3,(H,63,70)/b11-8+,17-14+,19-16-,23-20-,25-24-,28-27-,35-31-,48-45+. The van der Waals surface area contributed by atoms with Crippen molar-refractivity contribution in [2.75, 3.05) is 13.2 Å². The molecule has 1 rings (SSSR count). The normalized spacial score (nSPS) is 20.1. The van der Waals surface area contributed by atoms with E-state index in [0.29, 0.717) is 12.8 Å². The molecule has 0 aliphatic carbocycles. The fraction of sp³-hybridized carbons (Fsp3) is 0.710. The van der Waals surface area contributed by atoms with Crippen LogP contribution in [-0.4, -0.2) is 99.6 Å². The molecule has 1 fully saturated rings. The van der Waals surface area contributed by atoms with E-state index < -0.39 is 67.4 Å². The average molecular weight is 1020 g/mol. The zero-order valence-electron chi connectivity index (χ0n) is 46.0. The number of ether oxygens (including phenoxy) is 3. The second-order valence-electron chi connectivity index (χ2n) is 19.7. The number of carbonyl (C=O) groups excluding carboxylic acids is 2. The fourth-order valence-electron chi connectivity index (χ4n) is 8.43. The molecule has 0 spiro atoms. The number of nitrogens with one attached hydrogen (secondary N) is 1. The number of carbonyl (C=O) groups is 2. The van der Waals surface area contributed by atoms with Crippen LogP contribution >= 0.6 is 0 Å². The summed E-state index contributed by atoms with van der Waals surface area (Å²) < 4.78 is 17.5. The first-order valence-electron chi connectivity index (χ1n) is 29.1. The molecule has 6 N–H and O–H groups in total. The van der Waals surface area contributed by atoms with Crippen LogP contribution in [0.4, 0.5) is 0 Å². The molecular weight excluding hydrogens is 919 g/mol. The summed E-state index contributed by atoms with van der Waals surface area (Å²) in [7, 11) is 0. The molecule has 11 nitrogen and oxygen atoms in total. The number of amides is 1. The van der Waals surface area contributed by atoms with E-state index >= 15 is 0 Å². The minimum Gasteiger partial charge on any atom is -0.454 e. The Hall–Kier alpha value is -3.42. The molecule has 1 saturated heterocycles. The third kappa shape index (κ3) is 37.9. The topological polar surface area (TPSA) is 175 Å². The predicted molar refractivity (Wildman–Crippen MR) is 301 cm³/mol. The zero-order valence-corrected chi connectivity index (χ0v) is 46.0. The molecule has 8 atom stereocenters. The van der Waals surface area contributed by atoms with Crippen molar-refractivity contribution in [1.82, 2.24) is 5.32 Å². The SMILES string of the molecule is CC/C=C/C=C/C=C\C=C/CCCCCC(=O)OC1C(OCC(NC(=O)C(O)CCCCCCCCC/C=C\C/C=C\C/C=C\CCCCC)C(O)/C=C/CCCCCCCCCCC)OC(CO)C(O)C1O. The second kappa shape index (κ2) is 49.5. The molecular formula is C62H105NO10. The molecule has 0 radical (unpaired) electrons. The van der Waals surface area contributed by atoms with E-state index in [1.807, 2.05) is 42.5 Å². The number of rotatable bonds is 47. The van der Waals surface area contributed by atoms with Gasteiger partial charge in [0.2, 0.25) is 5.91 Å². The molecule has 0 aromatic heterocycles. The highest BCUT2D eigenvalue weighted by Crippen LogP contribution is 2.26. The van der Waals surface area contributed by atoms with Gasteiger partial charge in [0.05, 0.1) is 25.4 Å². The van der Waals surface area contributed by atoms with Crippen LogP contribution in [0.1, 0.15) is 220 Å². The third-order valence-electron chi connectivity index (χ3n) is 13.1. The molecule has 8 unspecified atom stereocenters. The minimum atomic E-state index is -1.64. The first-order valence-corrected chi connectivity index (χ1v) is 29.1. The van der Waals surface area contributed by atoms with E-state index in [2.05, 4.69) is 74.7 Å². The number of allylic oxidation sites excluding steroid dienone is 15. The molecule has 0 saturated carbocycles. The van der Waals surface area contributed by atoms with Crippen molar-refractivity contribution >= 4 is 11.9 Å². The number of unbranched alkanes of at least 4 members (excludes halogenated alkanes) is 22. The molecule has 11 heteroatoms. The fourth-order valence-corrected chi connectivity index (χ4v) is 8.43. The van der Waals surface area contributed by atoms with Crippen LogP contribution in [0.3, 0.4) is 0 Å². The maximum Gasteiger partial charge on any atom is 0.306 e. The summed E-state index contributed by atoms with van der Waals surface area (Å²) in [6, 6.07) is -1.04. The minimum absolute atomic E-state index is 0.0720. The van der Waals surface area contributed by atoms with Crippen LogP contribution in [0.25, 0.3) is 0 Å². The van der Waals surface area contributed by atoms with Crippen molar-refractivity contribution in [3.63, 3.8) is 0 Å². The van der Waals surface area contributed by atoms with E-state index in [1.54, 1.807) is 6.08 Å². The van der Waals surface area contributed by atoms with Crippen molar-refractivity contribution in [3.8, 4) is 0 Å². The molecule has 1 heterocycles. The molecule has 1 aliphatic heterocycles. The summed E-state index contributed by atoms with van der Waals surface area (Å²) in [5, 5.41) is 56.8. The van der Waals surface area contributed by atoms with Crippen LogP contribution in [0.2, 0.25) is 0 Å². The molecule has 0 aromatic carbocycles. The smallest absolute Gasteiger partial charge is 0.306 e. The molecule has 1 amide bonds. The lowest BCUT2D eigenvalue weighted by Gasteiger charge is -2.41. The molecule has 1 aliphatic rings. The van der Waals surface area contributed by atoms with Gasteiger partial charge < -0.3 is 45.1 Å². The van der Waals surface area contributed by atoms with Crippen molar-refractivity contribution < 1.29 is 49.3 Å². The van der Waals surface area contributed by atoms with Crippen LogP contribution in [0, 0.1) is 0 Å². The molecule has 0 bridgehead atoms. The van der Waals surface area contributed by atoms with Gasteiger partial charge >= 0.3 is 5.97 Å². The van der Waals surface area contributed by atoms with Gasteiger partial charge in [-0.25, -0.2) is 0 Å². The summed E-state index contributed by atoms with van der Waals surface area (Å²) in [5.74, 6) is -1.25. The Morgan fingerprint density at radius 3 is 1.63 bits per heavy atom. The number of aliphatic hydroxyl groups excluding tert-OH is 5. The Balaban J connectivity index is 2.72. The quantitative estimate of drug-likeness (QED) is 0.0149. The monoisotopic (exact) mass is 1020 g/mol. The van der Waals surface area contributed by atoms with Gasteiger partial charge in [0, 0.05) is 6.42 Å². The van der Waals surface area contributed by atoms with Crippen molar-refractivity contribution in [3.05, 3.63) is 97.2 Å². The van der Waals surface area contributed by atoms with Gasteiger partial charge in [-0.15, -0.1) is 0 Å². The highest BCUT2D eigenvalue weighted by Gasteiger charge is 2.47. The van der Waals surface area contributed by atoms with E-state index in [1.165, 1.54) is 77.0 Å². The van der Waals surface area contributed by atoms with Gasteiger partial charge in [0.15, 0.2) is 12.4 Å². The molecule has 418 valence electrons. The van der Waals surface area contributed by atoms with Crippen molar-refractivity contribution in [1.29, 1.82) is 0 Å². The molecule has 0 aromatic rings. The Morgan fingerprint density at radius 1 is 0.562 bits per heavy atom. The largest absolute Gasteiger partial charge is 0.454 e. The zero-order chi connectivity index (χ0) is 53.3. The predicted octanol–water partition coefficient (Wildman–Crippen LogP) is 13.2. The second-order valence-corrected chi connectivity index (χ2v) is 19.7. The summed E-state index contributed by atoms with van der Waals surface area (Å²) in [6.45, 7) is 5.56. The Kier molecular flexibility index (Phi) is 45.8. The van der Waals surface area contributed by atoms with Crippen LogP contribution in [0.15, 0.2) is 97.2 Å². The van der Waals surface area contributed by atoms with Gasteiger partial charge in [0.1, 0.15) is 24.4 Å². The highest BCUT2D eigenvalue weighted by atomic mass is 16.7. The lowest BCUT2D eigenvalue weighted by atomic mass is 9.99. The lowest BCUT2D eigenvalue weighted by molar-refractivity contribution is -0.305. The molecule has 73 heavy (non-hydrogen) atoms. The van der Waals surface area contributed by atoms with Gasteiger partial charge in [-0.05, 0) is 83.5 Å². The lowest BCUT2D eigenvalue weighted by Crippen LogP contribution is -2.61. The van der Waals surface area contributed by atoms with Gasteiger partial charge in [0.25, 0.3) is 0 Å². The summed E-state index contributed by atoms with van der Waals surface area (Å²) >= 11 is 0. The average Bonchev–Trinajstić information content (AvgIpc) is 3.39. The van der Waals surface area contributed by atoms with Crippen molar-refractivity contribution in [2.24, 2.45) is 0 Å². The number of hydrogen-bond acceptors (Lipinski definition) is 10. The summed E-state index contributed by atoms with van der Waals surface area (Å²) in [5.41, 5.74) is 0. The Morgan fingerprint density at radius 2 is 1.04 bits per heavy atom. The Bertz CT molecular complexity index is 1550. The highest BCUT2D eigenvalue weighted by molar-refractivity contribution is 5.80. The number of esters is 1. The van der Waals surface area contributed by atoms with Crippen LogP contribution in [-0.2, 0) is 23.8 Å². The van der Waals surface area contributed by atoms with E-state index in [4.69, 9.17) is 14.2 Å². The van der Waals surface area contributed by atoms with Gasteiger partial charge in [-0.2, -0.15) is 0 Å². The third-order valence-corrected chi connectivity index (χ3v) is 13.1. The van der Waals surface area contributed by atoms with Crippen LogP contribution in [0.5, 0.6) is 0 Å². The Labute approximate surface area is 444 Å². The number of aliphatic hydroxyl groups is 5. The van der Waals surface area contributed by atoms with E-state index in [9.17, 15) is 35.1 Å². The van der Waals surface area contributed by atoms with E-state index in [-0.39, 0.29) is 19.4 Å². The summed E-state index contributed by atoms with van der Waals surface area (Å²) in [6.07, 6.45) is 54.5. The first kappa shape index (κ1) is 67.6. The van der Waals surface area contributed by atoms with Crippen LogP contribution < -0.4 is 5.32 Å². The summed E-state index contributed by atoms with van der Waals surface area (Å²) in [4.78, 5) is 26.4. The first-order chi connectivity index (χ1) is 35.7. The maximum atomic E-state index is 13.4.